The number of hydrogen-bond donors (Lipinski definition) is 2. The van der Waals surface area contributed by atoms with Gasteiger partial charge >= 0.3 is 6.36 Å². The van der Waals surface area contributed by atoms with E-state index in [4.69, 9.17) is 0 Å². The van der Waals surface area contributed by atoms with Gasteiger partial charge < -0.3 is 10.1 Å². The molecular weight excluding hydrogens is 393 g/mol. The molecule has 0 atom stereocenters. The summed E-state index contributed by atoms with van der Waals surface area (Å²) in [5.41, 5.74) is 0.729. The van der Waals surface area contributed by atoms with Crippen LogP contribution < -0.4 is 14.8 Å². The van der Waals surface area contributed by atoms with Crippen LogP contribution in [0.1, 0.15) is 18.4 Å². The Morgan fingerprint density at radius 2 is 1.61 bits per heavy atom. The number of nitrogens with one attached hydrogen (secondary N) is 2. The molecule has 1 aliphatic rings. The maximum absolute atomic E-state index is 12.7. The lowest BCUT2D eigenvalue weighted by Crippen LogP contribution is -2.47. The molecule has 0 aliphatic carbocycles. The van der Waals surface area contributed by atoms with E-state index in [0.29, 0.717) is 0 Å². The molecule has 1 fully saturated rings. The Morgan fingerprint density at radius 3 is 2.18 bits per heavy atom. The first-order valence-electron chi connectivity index (χ1n) is 8.82. The van der Waals surface area contributed by atoms with Gasteiger partial charge in [0, 0.05) is 12.0 Å². The first-order chi connectivity index (χ1) is 13.2. The van der Waals surface area contributed by atoms with Gasteiger partial charge in [0.1, 0.15) is 5.75 Å². The highest BCUT2D eigenvalue weighted by Gasteiger charge is 2.35. The van der Waals surface area contributed by atoms with E-state index in [1.54, 1.807) is 0 Å². The molecule has 1 saturated heterocycles. The lowest BCUT2D eigenvalue weighted by Gasteiger charge is -2.38. The third-order valence-electron chi connectivity index (χ3n) is 4.92. The second-order valence-electron chi connectivity index (χ2n) is 6.74. The van der Waals surface area contributed by atoms with Crippen LogP contribution in [0, 0.1) is 0 Å². The zero-order valence-electron chi connectivity index (χ0n) is 15.0. The highest BCUT2D eigenvalue weighted by atomic mass is 32.2. The molecule has 5 nitrogen and oxygen atoms in total. The van der Waals surface area contributed by atoms with E-state index in [1.165, 1.54) is 0 Å². The fourth-order valence-electron chi connectivity index (χ4n) is 3.40. The van der Waals surface area contributed by atoms with Crippen molar-refractivity contribution in [3.8, 4) is 5.75 Å². The fourth-order valence-corrected chi connectivity index (χ4v) is 4.53. The van der Waals surface area contributed by atoms with Crippen LogP contribution in [-0.4, -0.2) is 34.4 Å². The zero-order chi connectivity index (χ0) is 20.3. The first-order valence-corrected chi connectivity index (χ1v) is 10.3. The third kappa shape index (κ3) is 5.03. The average molecular weight is 414 g/mol. The molecular formula is C19H21F3N2O3S. The summed E-state index contributed by atoms with van der Waals surface area (Å²) < 4.78 is 68.5. The molecule has 1 aliphatic heterocycles. The second kappa shape index (κ2) is 8.10. The number of alkyl halides is 3. The minimum Gasteiger partial charge on any atom is -0.406 e. The largest absolute Gasteiger partial charge is 0.573 e. The van der Waals surface area contributed by atoms with Crippen molar-refractivity contribution >= 4 is 10.0 Å². The SMILES string of the molecule is O=S(=O)(NCC1(c2ccccc2)CCNCC1)c1ccc(OC(F)(F)F)cc1. The molecule has 0 amide bonds. The van der Waals surface area contributed by atoms with Crippen molar-refractivity contribution in [2.45, 2.75) is 29.5 Å². The average Bonchev–Trinajstić information content (AvgIpc) is 2.67. The summed E-state index contributed by atoms with van der Waals surface area (Å²) in [6.07, 6.45) is -3.27. The minimum absolute atomic E-state index is 0.112. The molecule has 0 bridgehead atoms. The smallest absolute Gasteiger partial charge is 0.406 e. The summed E-state index contributed by atoms with van der Waals surface area (Å²) in [4.78, 5) is -0.112. The standard InChI is InChI=1S/C19H21F3N2O3S/c20-19(21,22)27-16-6-8-17(9-7-16)28(25,26)24-14-18(10-12-23-13-11-18)15-4-2-1-3-5-15/h1-9,23-24H,10-14H2. The molecule has 0 spiro atoms. The van der Waals surface area contributed by atoms with E-state index in [9.17, 15) is 21.6 Å². The Bertz CT molecular complexity index is 879. The molecule has 9 heteroatoms. The summed E-state index contributed by atoms with van der Waals surface area (Å²) in [7, 11) is -3.87. The van der Waals surface area contributed by atoms with E-state index < -0.39 is 22.1 Å². The molecule has 2 N–H and O–H groups in total. The summed E-state index contributed by atoms with van der Waals surface area (Å²) in [6, 6.07) is 13.9. The predicted molar refractivity (Wildman–Crippen MR) is 98.5 cm³/mol. The molecule has 3 rings (SSSR count). The number of sulfonamides is 1. The van der Waals surface area contributed by atoms with Gasteiger partial charge in [-0.1, -0.05) is 30.3 Å². The number of hydrogen-bond acceptors (Lipinski definition) is 4. The van der Waals surface area contributed by atoms with Crippen molar-refractivity contribution in [2.75, 3.05) is 19.6 Å². The molecule has 28 heavy (non-hydrogen) atoms. The van der Waals surface area contributed by atoms with Crippen LogP contribution >= 0.6 is 0 Å². The van der Waals surface area contributed by atoms with E-state index in [0.717, 1.165) is 55.8 Å². The molecule has 152 valence electrons. The van der Waals surface area contributed by atoms with Crippen LogP contribution in [0.25, 0.3) is 0 Å². The maximum Gasteiger partial charge on any atom is 0.573 e. The third-order valence-corrected chi connectivity index (χ3v) is 6.33. The van der Waals surface area contributed by atoms with Gasteiger partial charge in [0.25, 0.3) is 0 Å². The van der Waals surface area contributed by atoms with Gasteiger partial charge in [0.15, 0.2) is 0 Å². The fraction of sp³-hybridized carbons (Fsp3) is 0.368. The zero-order valence-corrected chi connectivity index (χ0v) is 15.8. The van der Waals surface area contributed by atoms with Crippen molar-refractivity contribution in [1.82, 2.24) is 10.0 Å². The lowest BCUT2D eigenvalue weighted by atomic mass is 9.73. The van der Waals surface area contributed by atoms with Crippen LogP contribution in [0.5, 0.6) is 5.75 Å². The van der Waals surface area contributed by atoms with Crippen molar-refractivity contribution < 1.29 is 26.3 Å². The highest BCUT2D eigenvalue weighted by Crippen LogP contribution is 2.33. The van der Waals surface area contributed by atoms with Gasteiger partial charge in [-0.25, -0.2) is 13.1 Å². The predicted octanol–water partition coefficient (Wildman–Crippen LogP) is 3.18. The van der Waals surface area contributed by atoms with Crippen LogP contribution in [0.2, 0.25) is 0 Å². The van der Waals surface area contributed by atoms with Gasteiger partial charge in [-0.15, -0.1) is 13.2 Å². The number of piperidine rings is 1. The molecule has 0 unspecified atom stereocenters. The molecule has 0 aromatic heterocycles. The Balaban J connectivity index is 1.76. The van der Waals surface area contributed by atoms with Gasteiger partial charge in [-0.2, -0.15) is 0 Å². The van der Waals surface area contributed by atoms with Crippen LogP contribution in [-0.2, 0) is 15.4 Å². The Labute approximate surface area is 162 Å². The number of benzene rings is 2. The first kappa shape index (κ1) is 20.6. The molecule has 2 aromatic carbocycles. The van der Waals surface area contributed by atoms with Crippen LogP contribution in [0.4, 0.5) is 13.2 Å². The van der Waals surface area contributed by atoms with Gasteiger partial charge in [0.2, 0.25) is 10.0 Å². The summed E-state index contributed by atoms with van der Waals surface area (Å²) in [5, 5.41) is 3.28. The Morgan fingerprint density at radius 1 is 1.00 bits per heavy atom. The summed E-state index contributed by atoms with van der Waals surface area (Å²) in [5.74, 6) is -0.467. The van der Waals surface area contributed by atoms with Crippen molar-refractivity contribution in [3.63, 3.8) is 0 Å². The Hall–Kier alpha value is -2.10. The van der Waals surface area contributed by atoms with E-state index in [2.05, 4.69) is 14.8 Å². The quantitative estimate of drug-likeness (QED) is 0.762. The molecule has 0 saturated carbocycles. The minimum atomic E-state index is -4.82. The van der Waals surface area contributed by atoms with Crippen molar-refractivity contribution in [1.29, 1.82) is 0 Å². The van der Waals surface area contributed by atoms with Crippen molar-refractivity contribution in [3.05, 3.63) is 60.2 Å². The van der Waals surface area contributed by atoms with Gasteiger partial charge in [-0.3, -0.25) is 0 Å². The normalized spacial score (nSPS) is 17.2. The topological polar surface area (TPSA) is 67.4 Å². The number of halogens is 3. The number of rotatable bonds is 6. The Kier molecular flexibility index (Phi) is 5.97. The van der Waals surface area contributed by atoms with E-state index in [-0.39, 0.29) is 16.9 Å². The van der Waals surface area contributed by atoms with Gasteiger partial charge in [0.05, 0.1) is 4.90 Å². The molecule has 2 aromatic rings. The van der Waals surface area contributed by atoms with E-state index >= 15 is 0 Å². The van der Waals surface area contributed by atoms with E-state index in [1.807, 2.05) is 30.3 Å². The maximum atomic E-state index is 12.7. The summed E-state index contributed by atoms with van der Waals surface area (Å²) in [6.45, 7) is 1.77. The van der Waals surface area contributed by atoms with Crippen molar-refractivity contribution in [2.24, 2.45) is 0 Å². The summed E-state index contributed by atoms with van der Waals surface area (Å²) >= 11 is 0. The highest BCUT2D eigenvalue weighted by molar-refractivity contribution is 7.89. The van der Waals surface area contributed by atoms with Crippen LogP contribution in [0.3, 0.4) is 0 Å². The van der Waals surface area contributed by atoms with Crippen LogP contribution in [0.15, 0.2) is 59.5 Å². The monoisotopic (exact) mass is 414 g/mol. The number of ether oxygens (including phenoxy) is 1. The van der Waals surface area contributed by atoms with Gasteiger partial charge in [-0.05, 0) is 55.8 Å². The lowest BCUT2D eigenvalue weighted by molar-refractivity contribution is -0.274. The molecule has 0 radical (unpaired) electrons. The second-order valence-corrected chi connectivity index (χ2v) is 8.51. The molecule has 1 heterocycles.